The highest BCUT2D eigenvalue weighted by atomic mass is 28.4. The second-order valence-electron chi connectivity index (χ2n) is 7.99. The Morgan fingerprint density at radius 2 is 1.52 bits per heavy atom. The summed E-state index contributed by atoms with van der Waals surface area (Å²) in [6.45, 7) is 9.22. The molecule has 0 aliphatic carbocycles. The Labute approximate surface area is 153 Å². The maximum atomic E-state index is 6.49. The first-order valence-corrected chi connectivity index (χ1v) is 12.4. The van der Waals surface area contributed by atoms with Crippen LogP contribution < -0.4 is 10.4 Å². The first-order chi connectivity index (χ1) is 11.9. The molecule has 1 heterocycles. The van der Waals surface area contributed by atoms with Gasteiger partial charge in [-0.2, -0.15) is 0 Å². The summed E-state index contributed by atoms with van der Waals surface area (Å²) in [6, 6.07) is 22.5. The molecule has 1 saturated heterocycles. The van der Waals surface area contributed by atoms with Gasteiger partial charge in [0.25, 0.3) is 0 Å². The van der Waals surface area contributed by atoms with Crippen molar-refractivity contribution in [1.29, 1.82) is 0 Å². The topological polar surface area (TPSA) is 24.5 Å². The number of benzene rings is 2. The molecule has 2 aromatic rings. The summed E-state index contributed by atoms with van der Waals surface area (Å²) in [7, 11) is -1.59. The van der Waals surface area contributed by atoms with Crippen molar-refractivity contribution >= 4 is 19.7 Å². The maximum Gasteiger partial charge on any atom is 0.188 e. The molecule has 25 heavy (non-hydrogen) atoms. The van der Waals surface area contributed by atoms with Crippen LogP contribution in [-0.4, -0.2) is 20.5 Å². The van der Waals surface area contributed by atoms with E-state index in [0.29, 0.717) is 12.0 Å². The normalized spacial score (nSPS) is 22.3. The summed E-state index contributed by atoms with van der Waals surface area (Å²) >= 11 is 0. The van der Waals surface area contributed by atoms with Crippen LogP contribution >= 0.6 is 0 Å². The van der Waals surface area contributed by atoms with Gasteiger partial charge in [-0.3, -0.25) is 5.01 Å². The van der Waals surface area contributed by atoms with Crippen LogP contribution in [0.15, 0.2) is 60.7 Å². The summed E-state index contributed by atoms with van der Waals surface area (Å²) in [6.07, 6.45) is 1.39. The Morgan fingerprint density at radius 1 is 1.00 bits per heavy atom. The minimum absolute atomic E-state index is 0.289. The van der Waals surface area contributed by atoms with Gasteiger partial charge in [-0.1, -0.05) is 50.2 Å². The van der Waals surface area contributed by atoms with Crippen LogP contribution in [0.2, 0.25) is 19.1 Å². The van der Waals surface area contributed by atoms with Gasteiger partial charge >= 0.3 is 0 Å². The number of anilines is 2. The molecule has 0 aromatic heterocycles. The Hall–Kier alpha value is -1.62. The molecule has 0 bridgehead atoms. The van der Waals surface area contributed by atoms with E-state index in [2.05, 4.69) is 98.0 Å². The fourth-order valence-corrected chi connectivity index (χ4v) is 6.21. The minimum atomic E-state index is -1.59. The first-order valence-electron chi connectivity index (χ1n) is 9.29. The molecule has 2 atom stereocenters. The lowest BCUT2D eigenvalue weighted by molar-refractivity contribution is 0.164. The second kappa shape index (κ2) is 7.73. The van der Waals surface area contributed by atoms with Gasteiger partial charge in [-0.15, -0.1) is 0 Å². The largest absolute Gasteiger partial charge is 0.413 e. The van der Waals surface area contributed by atoms with Gasteiger partial charge < -0.3 is 4.43 Å². The number of rotatable bonds is 6. The van der Waals surface area contributed by atoms with Gasteiger partial charge in [0.1, 0.15) is 0 Å². The Balaban J connectivity index is 1.87. The van der Waals surface area contributed by atoms with E-state index >= 15 is 0 Å². The zero-order valence-electron chi connectivity index (χ0n) is 15.8. The van der Waals surface area contributed by atoms with Crippen molar-refractivity contribution in [1.82, 2.24) is 5.43 Å². The van der Waals surface area contributed by atoms with Crippen molar-refractivity contribution in [2.45, 2.75) is 51.6 Å². The zero-order chi connectivity index (χ0) is 17.9. The molecular weight excluding hydrogens is 324 g/mol. The third-order valence-electron chi connectivity index (χ3n) is 4.66. The quantitative estimate of drug-likeness (QED) is 0.559. The number of para-hydroxylation sites is 2. The minimum Gasteiger partial charge on any atom is -0.413 e. The van der Waals surface area contributed by atoms with Crippen LogP contribution in [0.4, 0.5) is 11.4 Å². The number of nitrogens with zero attached hydrogens (tertiary/aromatic N) is 1. The van der Waals surface area contributed by atoms with Crippen LogP contribution in [0, 0.1) is 5.92 Å². The highest BCUT2D eigenvalue weighted by Crippen LogP contribution is 2.33. The summed E-state index contributed by atoms with van der Waals surface area (Å²) in [5, 5.41) is 2.22. The average Bonchev–Trinajstić information content (AvgIpc) is 2.87. The van der Waals surface area contributed by atoms with Gasteiger partial charge in [0.2, 0.25) is 0 Å². The van der Waals surface area contributed by atoms with Crippen LogP contribution in [0.1, 0.15) is 20.3 Å². The van der Waals surface area contributed by atoms with E-state index in [1.165, 1.54) is 0 Å². The average molecular weight is 355 g/mol. The second-order valence-corrected chi connectivity index (χ2v) is 12.2. The molecule has 0 saturated carbocycles. The Morgan fingerprint density at radius 3 is 2.00 bits per heavy atom. The fraction of sp³-hybridized carbons (Fsp3) is 0.429. The predicted molar refractivity (Wildman–Crippen MR) is 109 cm³/mol. The van der Waals surface area contributed by atoms with E-state index in [1.54, 1.807) is 0 Å². The number of hydrogen-bond acceptors (Lipinski definition) is 3. The maximum absolute atomic E-state index is 6.49. The SMILES string of the molecule is CC(C)C[C@@H]1O[Si](C)(C)C[C@H]1NN(c1ccccc1)c1ccccc1. The summed E-state index contributed by atoms with van der Waals surface area (Å²) < 4.78 is 6.49. The van der Waals surface area contributed by atoms with Crippen molar-refractivity contribution in [3.8, 4) is 0 Å². The monoisotopic (exact) mass is 354 g/mol. The molecule has 0 spiro atoms. The van der Waals surface area contributed by atoms with Crippen molar-refractivity contribution in [3.05, 3.63) is 60.7 Å². The molecule has 134 valence electrons. The summed E-state index contributed by atoms with van der Waals surface area (Å²) in [5.41, 5.74) is 6.11. The van der Waals surface area contributed by atoms with E-state index in [4.69, 9.17) is 4.43 Å². The van der Waals surface area contributed by atoms with Gasteiger partial charge in [0.15, 0.2) is 8.32 Å². The lowest BCUT2D eigenvalue weighted by atomic mass is 10.0. The lowest BCUT2D eigenvalue weighted by Gasteiger charge is -2.32. The Kier molecular flexibility index (Phi) is 5.62. The third kappa shape index (κ3) is 4.72. The highest BCUT2D eigenvalue weighted by Gasteiger charge is 2.42. The molecule has 0 unspecified atom stereocenters. The van der Waals surface area contributed by atoms with Crippen molar-refractivity contribution in [3.63, 3.8) is 0 Å². The van der Waals surface area contributed by atoms with Crippen LogP contribution in [0.5, 0.6) is 0 Å². The van der Waals surface area contributed by atoms with E-state index in [1.807, 2.05) is 0 Å². The molecule has 1 N–H and O–H groups in total. The van der Waals surface area contributed by atoms with Crippen LogP contribution in [0.25, 0.3) is 0 Å². The van der Waals surface area contributed by atoms with E-state index in [9.17, 15) is 0 Å². The molecule has 0 radical (unpaired) electrons. The van der Waals surface area contributed by atoms with Crippen LogP contribution in [0.3, 0.4) is 0 Å². The summed E-state index contributed by atoms with van der Waals surface area (Å²) in [4.78, 5) is 0. The molecule has 3 nitrogen and oxygen atoms in total. The number of hydrazine groups is 1. The highest BCUT2D eigenvalue weighted by molar-refractivity contribution is 6.72. The molecule has 1 aliphatic heterocycles. The number of nitrogens with one attached hydrogen (secondary N) is 1. The van der Waals surface area contributed by atoms with Crippen molar-refractivity contribution < 1.29 is 4.43 Å². The van der Waals surface area contributed by atoms with Crippen LogP contribution in [-0.2, 0) is 4.43 Å². The molecule has 4 heteroatoms. The smallest absolute Gasteiger partial charge is 0.188 e. The zero-order valence-corrected chi connectivity index (χ0v) is 16.8. The van der Waals surface area contributed by atoms with E-state index in [-0.39, 0.29) is 6.10 Å². The van der Waals surface area contributed by atoms with Gasteiger partial charge in [-0.05, 0) is 55.7 Å². The van der Waals surface area contributed by atoms with Crippen molar-refractivity contribution in [2.24, 2.45) is 5.92 Å². The van der Waals surface area contributed by atoms with Gasteiger partial charge in [0, 0.05) is 0 Å². The fourth-order valence-electron chi connectivity index (χ4n) is 3.62. The first kappa shape index (κ1) is 18.2. The predicted octanol–water partition coefficient (Wildman–Crippen LogP) is 5.35. The van der Waals surface area contributed by atoms with Gasteiger partial charge in [0.05, 0.1) is 23.5 Å². The molecule has 3 rings (SSSR count). The molecule has 1 fully saturated rings. The Bertz CT molecular complexity index is 621. The third-order valence-corrected chi connectivity index (χ3v) is 7.02. The van der Waals surface area contributed by atoms with E-state index in [0.717, 1.165) is 23.8 Å². The molecular formula is C21H30N2OSi. The lowest BCUT2D eigenvalue weighted by Crippen LogP contribution is -2.46. The number of hydrogen-bond donors (Lipinski definition) is 1. The molecule has 0 amide bonds. The molecule has 1 aliphatic rings. The van der Waals surface area contributed by atoms with Crippen molar-refractivity contribution in [2.75, 3.05) is 5.01 Å². The van der Waals surface area contributed by atoms with Gasteiger partial charge in [-0.25, -0.2) is 5.43 Å². The summed E-state index contributed by atoms with van der Waals surface area (Å²) in [5.74, 6) is 0.638. The van der Waals surface area contributed by atoms with E-state index < -0.39 is 8.32 Å². The standard InChI is InChI=1S/C21H30N2OSi/c1-17(2)15-21-20(16-25(3,4)24-21)22-23(18-11-7-5-8-12-18)19-13-9-6-10-14-19/h5-14,17,20-22H,15-16H2,1-4H3/t20-,21+/m1/s1. The molecule has 2 aromatic carbocycles.